The highest BCUT2D eigenvalue weighted by atomic mass is 35.5. The summed E-state index contributed by atoms with van der Waals surface area (Å²) in [6.45, 7) is 2.77. The molecule has 140 valence electrons. The van der Waals surface area contributed by atoms with E-state index in [4.69, 9.17) is 11.6 Å². The fourth-order valence-corrected chi connectivity index (χ4v) is 3.73. The van der Waals surface area contributed by atoms with Crippen molar-refractivity contribution in [3.63, 3.8) is 0 Å². The first kappa shape index (κ1) is 18.0. The maximum atomic E-state index is 14.0. The molecule has 3 aromatic rings. The van der Waals surface area contributed by atoms with Crippen molar-refractivity contribution in [3.8, 4) is 11.1 Å². The predicted octanol–water partition coefficient (Wildman–Crippen LogP) is 5.53. The molecule has 0 unspecified atom stereocenters. The fraction of sp³-hybridized carbons (Fsp3) is 0.286. The smallest absolute Gasteiger partial charge is 0.225 e. The molecular formula is C21H19ClF2N2O. The largest absolute Gasteiger partial charge is 0.360 e. The lowest BCUT2D eigenvalue weighted by atomic mass is 9.98. The van der Waals surface area contributed by atoms with Crippen molar-refractivity contribution in [3.05, 3.63) is 58.7 Å². The summed E-state index contributed by atoms with van der Waals surface area (Å²) in [6, 6.07) is 7.39. The van der Waals surface area contributed by atoms with E-state index in [2.05, 4.69) is 4.98 Å². The van der Waals surface area contributed by atoms with Crippen molar-refractivity contribution in [1.29, 1.82) is 0 Å². The summed E-state index contributed by atoms with van der Waals surface area (Å²) in [4.78, 5) is 17.3. The lowest BCUT2D eigenvalue weighted by Crippen LogP contribution is -2.31. The van der Waals surface area contributed by atoms with Gasteiger partial charge in [0.05, 0.1) is 5.02 Å². The zero-order chi connectivity index (χ0) is 19.1. The maximum absolute atomic E-state index is 14.0. The number of fused-ring (bicyclic) bond motifs is 1. The summed E-state index contributed by atoms with van der Waals surface area (Å²) in [7, 11) is 0. The zero-order valence-corrected chi connectivity index (χ0v) is 15.6. The quantitative estimate of drug-likeness (QED) is 0.613. The van der Waals surface area contributed by atoms with Gasteiger partial charge in [0.15, 0.2) is 0 Å². The molecule has 0 bridgehead atoms. The fourth-order valence-electron chi connectivity index (χ4n) is 3.46. The van der Waals surface area contributed by atoms with Crippen LogP contribution < -0.4 is 0 Å². The molecular weight excluding hydrogens is 370 g/mol. The topological polar surface area (TPSA) is 36.1 Å². The minimum atomic E-state index is -0.507. The Balaban J connectivity index is 1.80. The van der Waals surface area contributed by atoms with Crippen LogP contribution in [0.25, 0.3) is 22.0 Å². The molecule has 1 heterocycles. The number of aromatic nitrogens is 1. The summed E-state index contributed by atoms with van der Waals surface area (Å²) in [6.07, 6.45) is 3.58. The van der Waals surface area contributed by atoms with Crippen LogP contribution in [0, 0.1) is 17.6 Å². The van der Waals surface area contributed by atoms with Crippen LogP contribution >= 0.6 is 11.6 Å². The van der Waals surface area contributed by atoms with Crippen molar-refractivity contribution in [2.75, 3.05) is 6.54 Å². The average Bonchev–Trinajstić information content (AvgIpc) is 3.42. The van der Waals surface area contributed by atoms with Gasteiger partial charge < -0.3 is 9.88 Å². The van der Waals surface area contributed by atoms with Gasteiger partial charge in [0, 0.05) is 41.7 Å². The molecule has 3 nitrogen and oxygen atoms in total. The lowest BCUT2D eigenvalue weighted by Gasteiger charge is -2.22. The number of carbonyl (C=O) groups excluding carboxylic acids is 1. The van der Waals surface area contributed by atoms with Crippen LogP contribution in [-0.4, -0.2) is 22.3 Å². The third-order valence-electron chi connectivity index (χ3n) is 5.07. The van der Waals surface area contributed by atoms with Crippen LogP contribution in [0.4, 0.5) is 8.78 Å². The molecule has 1 amide bonds. The number of halogens is 3. The van der Waals surface area contributed by atoms with Crippen molar-refractivity contribution in [2.24, 2.45) is 5.92 Å². The molecule has 1 aromatic heterocycles. The van der Waals surface area contributed by atoms with Gasteiger partial charge in [-0.25, -0.2) is 8.78 Å². The summed E-state index contributed by atoms with van der Waals surface area (Å²) in [5.41, 5.74) is 2.80. The van der Waals surface area contributed by atoms with E-state index in [0.29, 0.717) is 35.1 Å². The van der Waals surface area contributed by atoms with Gasteiger partial charge in [-0.05, 0) is 55.2 Å². The second-order valence-electron chi connectivity index (χ2n) is 6.91. The normalized spacial score (nSPS) is 13.9. The minimum Gasteiger partial charge on any atom is -0.360 e. The SMILES string of the molecule is CCN(Cc1cc(F)ccc1-c1c[nH]c2ccc(F)c(Cl)c12)C(=O)C1CC1. The maximum Gasteiger partial charge on any atom is 0.225 e. The highest BCUT2D eigenvalue weighted by Crippen LogP contribution is 2.38. The Morgan fingerprint density at radius 3 is 2.70 bits per heavy atom. The number of rotatable bonds is 5. The molecule has 27 heavy (non-hydrogen) atoms. The number of carbonyl (C=O) groups is 1. The molecule has 1 fully saturated rings. The summed E-state index contributed by atoms with van der Waals surface area (Å²) in [5, 5.41) is 0.585. The first-order valence-electron chi connectivity index (χ1n) is 9.02. The molecule has 0 radical (unpaired) electrons. The van der Waals surface area contributed by atoms with Gasteiger partial charge in [0.1, 0.15) is 11.6 Å². The minimum absolute atomic E-state index is 0.0282. The number of nitrogens with one attached hydrogen (secondary N) is 1. The molecule has 4 rings (SSSR count). The molecule has 1 aliphatic rings. The van der Waals surface area contributed by atoms with Crippen molar-refractivity contribution < 1.29 is 13.6 Å². The Morgan fingerprint density at radius 2 is 2.00 bits per heavy atom. The molecule has 1 N–H and O–H groups in total. The molecule has 1 aliphatic carbocycles. The third-order valence-corrected chi connectivity index (χ3v) is 5.44. The molecule has 1 saturated carbocycles. The molecule has 0 aliphatic heterocycles. The summed E-state index contributed by atoms with van der Waals surface area (Å²) >= 11 is 6.21. The van der Waals surface area contributed by atoms with E-state index in [-0.39, 0.29) is 22.7 Å². The van der Waals surface area contributed by atoms with E-state index >= 15 is 0 Å². The van der Waals surface area contributed by atoms with Crippen LogP contribution in [0.3, 0.4) is 0 Å². The van der Waals surface area contributed by atoms with Crippen LogP contribution in [-0.2, 0) is 11.3 Å². The number of hydrogen-bond acceptors (Lipinski definition) is 1. The number of nitrogens with zero attached hydrogens (tertiary/aromatic N) is 1. The monoisotopic (exact) mass is 388 g/mol. The van der Waals surface area contributed by atoms with Gasteiger partial charge in [-0.15, -0.1) is 0 Å². The number of H-pyrrole nitrogens is 1. The van der Waals surface area contributed by atoms with Gasteiger partial charge in [0.2, 0.25) is 5.91 Å². The Labute approximate surface area is 160 Å². The number of aromatic amines is 1. The molecule has 0 atom stereocenters. The van der Waals surface area contributed by atoms with Gasteiger partial charge in [-0.3, -0.25) is 4.79 Å². The van der Waals surface area contributed by atoms with Gasteiger partial charge in [-0.2, -0.15) is 0 Å². The Bertz CT molecular complexity index is 1030. The van der Waals surface area contributed by atoms with Crippen LogP contribution in [0.5, 0.6) is 0 Å². The van der Waals surface area contributed by atoms with Gasteiger partial charge >= 0.3 is 0 Å². The third kappa shape index (κ3) is 3.32. The zero-order valence-electron chi connectivity index (χ0n) is 14.9. The number of hydrogen-bond donors (Lipinski definition) is 1. The van der Waals surface area contributed by atoms with Crippen LogP contribution in [0.2, 0.25) is 5.02 Å². The highest BCUT2D eigenvalue weighted by molar-refractivity contribution is 6.36. The van der Waals surface area contributed by atoms with E-state index in [1.807, 2.05) is 6.92 Å². The van der Waals surface area contributed by atoms with Crippen molar-refractivity contribution in [1.82, 2.24) is 9.88 Å². The molecule has 2 aromatic carbocycles. The number of amides is 1. The summed E-state index contributed by atoms with van der Waals surface area (Å²) < 4.78 is 28.0. The average molecular weight is 389 g/mol. The van der Waals surface area contributed by atoms with Crippen LogP contribution in [0.15, 0.2) is 36.5 Å². The van der Waals surface area contributed by atoms with Crippen molar-refractivity contribution >= 4 is 28.4 Å². The van der Waals surface area contributed by atoms with Crippen molar-refractivity contribution in [2.45, 2.75) is 26.3 Å². The molecule has 6 heteroatoms. The van der Waals surface area contributed by atoms with E-state index < -0.39 is 5.82 Å². The van der Waals surface area contributed by atoms with Gasteiger partial charge in [0.25, 0.3) is 0 Å². The van der Waals surface area contributed by atoms with E-state index in [1.165, 1.54) is 18.2 Å². The Hall–Kier alpha value is -2.40. The summed E-state index contributed by atoms with van der Waals surface area (Å²) in [5.74, 6) is -0.678. The van der Waals surface area contributed by atoms with E-state index in [0.717, 1.165) is 18.4 Å². The van der Waals surface area contributed by atoms with E-state index in [9.17, 15) is 13.6 Å². The Kier molecular flexibility index (Phi) is 4.64. The van der Waals surface area contributed by atoms with Gasteiger partial charge in [-0.1, -0.05) is 17.7 Å². The second kappa shape index (κ2) is 6.97. The Morgan fingerprint density at radius 1 is 1.22 bits per heavy atom. The molecule has 0 spiro atoms. The standard InChI is InChI=1S/C21H19ClF2N2O/c1-2-26(21(27)12-3-4-12)11-13-9-14(23)5-6-15(13)16-10-25-18-8-7-17(24)20(22)19(16)18/h5-10,12,25H,2-4,11H2,1H3. The first-order valence-corrected chi connectivity index (χ1v) is 9.40. The predicted molar refractivity (Wildman–Crippen MR) is 102 cm³/mol. The highest BCUT2D eigenvalue weighted by Gasteiger charge is 2.33. The second-order valence-corrected chi connectivity index (χ2v) is 7.29. The lowest BCUT2D eigenvalue weighted by molar-refractivity contribution is -0.132. The van der Waals surface area contributed by atoms with Crippen LogP contribution in [0.1, 0.15) is 25.3 Å². The molecule has 0 saturated heterocycles. The van der Waals surface area contributed by atoms with E-state index in [1.54, 1.807) is 23.2 Å². The first-order chi connectivity index (χ1) is 13.0. The number of benzene rings is 2.